The van der Waals surface area contributed by atoms with Gasteiger partial charge in [0.25, 0.3) is 0 Å². The fourth-order valence-electron chi connectivity index (χ4n) is 1.68. The van der Waals surface area contributed by atoms with E-state index in [1.54, 1.807) is 23.4 Å². The van der Waals surface area contributed by atoms with Crippen LogP contribution in [0.2, 0.25) is 0 Å². The molecule has 0 aromatic carbocycles. The number of hydrogen-bond donors (Lipinski definition) is 0. The molecule has 0 saturated carbocycles. The Morgan fingerprint density at radius 2 is 2.00 bits per heavy atom. The first-order valence-electron chi connectivity index (χ1n) is 5.27. The van der Waals surface area contributed by atoms with E-state index >= 15 is 0 Å². The lowest BCUT2D eigenvalue weighted by atomic mass is 10.2. The summed E-state index contributed by atoms with van der Waals surface area (Å²) in [6.07, 6.45) is 9.09. The van der Waals surface area contributed by atoms with E-state index in [1.807, 2.05) is 42.2 Å². The minimum Gasteiger partial charge on any atom is -0.306 e. The van der Waals surface area contributed by atoms with Gasteiger partial charge in [-0.2, -0.15) is 5.10 Å². The minimum atomic E-state index is 0.858. The Morgan fingerprint density at radius 3 is 2.71 bits per heavy atom. The van der Waals surface area contributed by atoms with Crippen LogP contribution in [-0.2, 0) is 7.05 Å². The van der Waals surface area contributed by atoms with E-state index in [1.165, 1.54) is 0 Å². The Hall–Kier alpha value is -2.43. The SMILES string of the molecule is Cn1ccc(-c2cc(-n3ccnc3)ccn2)n1. The highest BCUT2D eigenvalue weighted by Gasteiger charge is 2.04. The van der Waals surface area contributed by atoms with E-state index in [4.69, 9.17) is 0 Å². The van der Waals surface area contributed by atoms with E-state index in [2.05, 4.69) is 15.1 Å². The summed E-state index contributed by atoms with van der Waals surface area (Å²) in [5, 5.41) is 4.33. The molecule has 0 spiro atoms. The summed E-state index contributed by atoms with van der Waals surface area (Å²) in [7, 11) is 1.89. The van der Waals surface area contributed by atoms with Gasteiger partial charge in [0.1, 0.15) is 5.69 Å². The van der Waals surface area contributed by atoms with Crippen LogP contribution in [0.4, 0.5) is 0 Å². The molecule has 0 atom stereocenters. The molecule has 3 rings (SSSR count). The molecule has 5 heteroatoms. The fraction of sp³-hybridized carbons (Fsp3) is 0.0833. The molecule has 0 amide bonds. The van der Waals surface area contributed by atoms with Crippen LogP contribution in [0.25, 0.3) is 17.1 Å². The number of pyridine rings is 1. The number of hydrogen-bond acceptors (Lipinski definition) is 3. The van der Waals surface area contributed by atoms with Gasteiger partial charge in [-0.25, -0.2) is 4.98 Å². The molecule has 0 aliphatic rings. The zero-order chi connectivity index (χ0) is 11.7. The lowest BCUT2D eigenvalue weighted by molar-refractivity contribution is 0.770. The monoisotopic (exact) mass is 225 g/mol. The maximum atomic E-state index is 4.33. The van der Waals surface area contributed by atoms with Gasteiger partial charge in [-0.15, -0.1) is 0 Å². The molecular weight excluding hydrogens is 214 g/mol. The number of nitrogens with zero attached hydrogens (tertiary/aromatic N) is 5. The number of imidazole rings is 1. The maximum Gasteiger partial charge on any atom is 0.111 e. The van der Waals surface area contributed by atoms with Crippen molar-refractivity contribution in [1.82, 2.24) is 24.3 Å². The first-order valence-corrected chi connectivity index (χ1v) is 5.27. The van der Waals surface area contributed by atoms with Gasteiger partial charge in [-0.3, -0.25) is 9.67 Å². The quantitative estimate of drug-likeness (QED) is 0.666. The second kappa shape index (κ2) is 3.86. The van der Waals surface area contributed by atoms with Crippen molar-refractivity contribution >= 4 is 0 Å². The summed E-state index contributed by atoms with van der Waals surface area (Å²) < 4.78 is 3.70. The molecule has 0 aliphatic carbocycles. The molecule has 0 bridgehead atoms. The minimum absolute atomic E-state index is 0.858. The van der Waals surface area contributed by atoms with Crippen LogP contribution >= 0.6 is 0 Å². The number of aromatic nitrogens is 5. The maximum absolute atomic E-state index is 4.33. The van der Waals surface area contributed by atoms with Crippen LogP contribution in [0.1, 0.15) is 0 Å². The molecule has 0 radical (unpaired) electrons. The van der Waals surface area contributed by atoms with Gasteiger partial charge in [0.15, 0.2) is 0 Å². The molecule has 3 aromatic rings. The van der Waals surface area contributed by atoms with Crippen molar-refractivity contribution in [1.29, 1.82) is 0 Å². The Labute approximate surface area is 98.4 Å². The third kappa shape index (κ3) is 1.82. The summed E-state index contributed by atoms with van der Waals surface area (Å²) in [6, 6.07) is 5.87. The Bertz CT molecular complexity index is 624. The van der Waals surface area contributed by atoms with Gasteiger partial charge < -0.3 is 4.57 Å². The number of rotatable bonds is 2. The van der Waals surface area contributed by atoms with Gasteiger partial charge in [-0.05, 0) is 18.2 Å². The van der Waals surface area contributed by atoms with Crippen LogP contribution in [0, 0.1) is 0 Å². The summed E-state index contributed by atoms with van der Waals surface area (Å²) >= 11 is 0. The first kappa shape index (κ1) is 9.77. The Morgan fingerprint density at radius 1 is 1.06 bits per heavy atom. The van der Waals surface area contributed by atoms with Crippen molar-refractivity contribution in [3.05, 3.63) is 49.3 Å². The van der Waals surface area contributed by atoms with Crippen molar-refractivity contribution < 1.29 is 0 Å². The van der Waals surface area contributed by atoms with E-state index in [9.17, 15) is 0 Å². The molecule has 3 aromatic heterocycles. The second-order valence-electron chi connectivity index (χ2n) is 3.74. The van der Waals surface area contributed by atoms with Gasteiger partial charge in [0.2, 0.25) is 0 Å². The van der Waals surface area contributed by atoms with Crippen LogP contribution < -0.4 is 0 Å². The molecule has 0 N–H and O–H groups in total. The zero-order valence-corrected chi connectivity index (χ0v) is 9.35. The molecule has 3 heterocycles. The summed E-state index contributed by atoms with van der Waals surface area (Å²) in [4.78, 5) is 8.35. The largest absolute Gasteiger partial charge is 0.306 e. The highest BCUT2D eigenvalue weighted by atomic mass is 15.2. The molecule has 17 heavy (non-hydrogen) atoms. The van der Waals surface area contributed by atoms with Gasteiger partial charge in [0.05, 0.1) is 17.7 Å². The van der Waals surface area contributed by atoms with Crippen molar-refractivity contribution in [3.63, 3.8) is 0 Å². The van der Waals surface area contributed by atoms with E-state index < -0.39 is 0 Å². The fourth-order valence-corrected chi connectivity index (χ4v) is 1.68. The zero-order valence-electron chi connectivity index (χ0n) is 9.35. The third-order valence-electron chi connectivity index (χ3n) is 2.52. The van der Waals surface area contributed by atoms with Crippen molar-refractivity contribution in [2.45, 2.75) is 0 Å². The predicted octanol–water partition coefficient (Wildman–Crippen LogP) is 1.67. The van der Waals surface area contributed by atoms with Crippen molar-refractivity contribution in [2.24, 2.45) is 7.05 Å². The van der Waals surface area contributed by atoms with Crippen LogP contribution in [-0.4, -0.2) is 24.3 Å². The topological polar surface area (TPSA) is 48.5 Å². The Balaban J connectivity index is 2.05. The molecular formula is C12H11N5. The highest BCUT2D eigenvalue weighted by Crippen LogP contribution is 2.17. The molecule has 0 saturated heterocycles. The van der Waals surface area contributed by atoms with Crippen molar-refractivity contribution in [2.75, 3.05) is 0 Å². The Kier molecular flexibility index (Phi) is 2.22. The van der Waals surface area contributed by atoms with Crippen LogP contribution in [0.15, 0.2) is 49.3 Å². The van der Waals surface area contributed by atoms with Gasteiger partial charge in [-0.1, -0.05) is 0 Å². The average Bonchev–Trinajstić information content (AvgIpc) is 3.00. The molecule has 0 aliphatic heterocycles. The summed E-state index contributed by atoms with van der Waals surface area (Å²) in [6.45, 7) is 0. The smallest absolute Gasteiger partial charge is 0.111 e. The van der Waals surface area contributed by atoms with Crippen LogP contribution in [0.3, 0.4) is 0 Å². The number of aryl methyl sites for hydroxylation is 1. The van der Waals surface area contributed by atoms with E-state index in [-0.39, 0.29) is 0 Å². The molecule has 84 valence electrons. The lowest BCUT2D eigenvalue weighted by Crippen LogP contribution is -1.93. The normalized spacial score (nSPS) is 10.6. The molecule has 0 unspecified atom stereocenters. The average molecular weight is 225 g/mol. The lowest BCUT2D eigenvalue weighted by Gasteiger charge is -2.03. The summed E-state index contributed by atoms with van der Waals surface area (Å²) in [5.74, 6) is 0. The standard InChI is InChI=1S/C12H11N5/c1-16-6-3-11(15-16)12-8-10(2-4-14-12)17-7-5-13-9-17/h2-9H,1H3. The summed E-state index contributed by atoms with van der Waals surface area (Å²) in [5.41, 5.74) is 2.75. The van der Waals surface area contributed by atoms with Gasteiger partial charge in [0, 0.05) is 31.8 Å². The predicted molar refractivity (Wildman–Crippen MR) is 63.6 cm³/mol. The van der Waals surface area contributed by atoms with Crippen molar-refractivity contribution in [3.8, 4) is 17.1 Å². The first-order chi connectivity index (χ1) is 8.33. The van der Waals surface area contributed by atoms with E-state index in [0.717, 1.165) is 17.1 Å². The molecule has 5 nitrogen and oxygen atoms in total. The van der Waals surface area contributed by atoms with Crippen LogP contribution in [0.5, 0.6) is 0 Å². The second-order valence-corrected chi connectivity index (χ2v) is 3.74. The van der Waals surface area contributed by atoms with Gasteiger partial charge >= 0.3 is 0 Å². The third-order valence-corrected chi connectivity index (χ3v) is 2.52. The van der Waals surface area contributed by atoms with E-state index in [0.29, 0.717) is 0 Å². The molecule has 0 fully saturated rings. The highest BCUT2D eigenvalue weighted by molar-refractivity contribution is 5.56.